The Labute approximate surface area is 97.0 Å². The lowest BCUT2D eigenvalue weighted by Gasteiger charge is -2.03. The van der Waals surface area contributed by atoms with Crippen molar-refractivity contribution in [1.29, 1.82) is 0 Å². The molecule has 17 heavy (non-hydrogen) atoms. The molecule has 1 aromatic heterocycles. The first kappa shape index (κ1) is 11.5. The summed E-state index contributed by atoms with van der Waals surface area (Å²) < 4.78 is 14.5. The highest BCUT2D eigenvalue weighted by atomic mass is 19.1. The normalized spacial score (nSPS) is 12.9. The topological polar surface area (TPSA) is 61.0 Å². The molecule has 6 heteroatoms. The van der Waals surface area contributed by atoms with Crippen LogP contribution in [0.3, 0.4) is 0 Å². The molecular formula is C11H12FN3O2. The predicted octanol–water partition coefficient (Wildman–Crippen LogP) is 2.61. The molecule has 0 spiro atoms. The van der Waals surface area contributed by atoms with Crippen molar-refractivity contribution in [2.75, 3.05) is 0 Å². The fraction of sp³-hybridized carbons (Fsp3) is 0.364. The highest BCUT2D eigenvalue weighted by Crippen LogP contribution is 2.23. The Morgan fingerprint density at radius 3 is 2.88 bits per heavy atom. The maximum Gasteiger partial charge on any atom is 0.270 e. The zero-order valence-corrected chi connectivity index (χ0v) is 9.55. The van der Waals surface area contributed by atoms with Gasteiger partial charge in [-0.1, -0.05) is 0 Å². The van der Waals surface area contributed by atoms with Gasteiger partial charge in [-0.15, -0.1) is 0 Å². The number of fused-ring (bicyclic) bond motifs is 1. The van der Waals surface area contributed by atoms with E-state index in [1.165, 1.54) is 19.1 Å². The molecule has 0 amide bonds. The van der Waals surface area contributed by atoms with Crippen molar-refractivity contribution in [2.45, 2.75) is 26.6 Å². The number of alkyl halides is 1. The first-order valence-corrected chi connectivity index (χ1v) is 5.24. The van der Waals surface area contributed by atoms with E-state index in [4.69, 9.17) is 0 Å². The third kappa shape index (κ3) is 2.11. The van der Waals surface area contributed by atoms with Gasteiger partial charge >= 0.3 is 0 Å². The van der Waals surface area contributed by atoms with E-state index < -0.39 is 11.1 Å². The molecule has 1 heterocycles. The summed E-state index contributed by atoms with van der Waals surface area (Å²) >= 11 is 0. The maximum atomic E-state index is 13.0. The first-order chi connectivity index (χ1) is 7.99. The van der Waals surface area contributed by atoms with Crippen LogP contribution in [0.15, 0.2) is 18.2 Å². The van der Waals surface area contributed by atoms with E-state index >= 15 is 0 Å². The summed E-state index contributed by atoms with van der Waals surface area (Å²) in [6.07, 6.45) is -1.01. The second kappa shape index (κ2) is 4.12. The van der Waals surface area contributed by atoms with Crippen molar-refractivity contribution in [3.8, 4) is 0 Å². The third-order valence-corrected chi connectivity index (χ3v) is 2.55. The Bertz CT molecular complexity index is 577. The van der Waals surface area contributed by atoms with Gasteiger partial charge in [-0.2, -0.15) is 5.10 Å². The van der Waals surface area contributed by atoms with E-state index in [2.05, 4.69) is 5.10 Å². The van der Waals surface area contributed by atoms with Gasteiger partial charge < -0.3 is 0 Å². The van der Waals surface area contributed by atoms with E-state index in [-0.39, 0.29) is 12.2 Å². The fourth-order valence-corrected chi connectivity index (χ4v) is 1.82. The first-order valence-electron chi connectivity index (χ1n) is 5.24. The molecule has 0 N–H and O–H groups in total. The second-order valence-electron chi connectivity index (χ2n) is 4.01. The summed E-state index contributed by atoms with van der Waals surface area (Å²) in [6.45, 7) is 3.36. The van der Waals surface area contributed by atoms with Crippen LogP contribution < -0.4 is 0 Å². The minimum absolute atomic E-state index is 0.0217. The molecular weight excluding hydrogens is 225 g/mol. The molecule has 1 aromatic carbocycles. The molecule has 1 unspecified atom stereocenters. The maximum absolute atomic E-state index is 13.0. The number of nitro groups is 1. The SMILES string of the molecule is Cc1nn(CC(C)F)c2ccc([N+](=O)[O-])cc12. The summed E-state index contributed by atoms with van der Waals surface area (Å²) in [6, 6.07) is 4.48. The van der Waals surface area contributed by atoms with Gasteiger partial charge in [0.1, 0.15) is 6.17 Å². The molecule has 0 bridgehead atoms. The van der Waals surface area contributed by atoms with Crippen LogP contribution >= 0.6 is 0 Å². The van der Waals surface area contributed by atoms with E-state index in [9.17, 15) is 14.5 Å². The predicted molar refractivity (Wildman–Crippen MR) is 61.7 cm³/mol. The van der Waals surface area contributed by atoms with Crippen molar-refractivity contribution < 1.29 is 9.31 Å². The minimum Gasteiger partial charge on any atom is -0.262 e. The summed E-state index contributed by atoms with van der Waals surface area (Å²) in [7, 11) is 0. The number of aromatic nitrogens is 2. The van der Waals surface area contributed by atoms with Crippen molar-refractivity contribution in [3.05, 3.63) is 34.0 Å². The Kier molecular flexibility index (Phi) is 2.79. The van der Waals surface area contributed by atoms with E-state index in [0.29, 0.717) is 11.1 Å². The van der Waals surface area contributed by atoms with Crippen molar-refractivity contribution in [1.82, 2.24) is 9.78 Å². The Morgan fingerprint density at radius 1 is 1.59 bits per heavy atom. The van der Waals surface area contributed by atoms with Gasteiger partial charge in [-0.25, -0.2) is 4.39 Å². The quantitative estimate of drug-likeness (QED) is 0.609. The number of halogens is 1. The Balaban J connectivity index is 2.57. The van der Waals surface area contributed by atoms with Crippen LogP contribution in [-0.4, -0.2) is 20.9 Å². The number of rotatable bonds is 3. The summed E-state index contributed by atoms with van der Waals surface area (Å²) in [5.74, 6) is 0. The number of non-ortho nitro benzene ring substituents is 1. The minimum atomic E-state index is -1.01. The number of hydrogen-bond acceptors (Lipinski definition) is 3. The van der Waals surface area contributed by atoms with Gasteiger partial charge in [0.15, 0.2) is 0 Å². The van der Waals surface area contributed by atoms with E-state index in [1.807, 2.05) is 0 Å². The third-order valence-electron chi connectivity index (χ3n) is 2.55. The van der Waals surface area contributed by atoms with Crippen molar-refractivity contribution in [3.63, 3.8) is 0 Å². The van der Waals surface area contributed by atoms with Crippen LogP contribution in [0.4, 0.5) is 10.1 Å². The summed E-state index contributed by atoms with van der Waals surface area (Å²) in [4.78, 5) is 10.2. The van der Waals surface area contributed by atoms with Crippen LogP contribution in [0.25, 0.3) is 10.9 Å². The highest BCUT2D eigenvalue weighted by Gasteiger charge is 2.13. The number of aryl methyl sites for hydroxylation is 1. The lowest BCUT2D eigenvalue weighted by atomic mass is 10.2. The molecule has 0 saturated carbocycles. The molecule has 0 aliphatic heterocycles. The molecule has 0 aliphatic carbocycles. The van der Waals surface area contributed by atoms with Crippen molar-refractivity contribution >= 4 is 16.6 Å². The lowest BCUT2D eigenvalue weighted by Crippen LogP contribution is -2.08. The molecule has 2 aromatic rings. The van der Waals surface area contributed by atoms with Gasteiger partial charge in [-0.3, -0.25) is 14.8 Å². The molecule has 90 valence electrons. The van der Waals surface area contributed by atoms with Crippen LogP contribution in [0.2, 0.25) is 0 Å². The van der Waals surface area contributed by atoms with Gasteiger partial charge in [0.25, 0.3) is 5.69 Å². The van der Waals surface area contributed by atoms with Crippen LogP contribution in [0.1, 0.15) is 12.6 Å². The molecule has 2 rings (SSSR count). The molecule has 0 fully saturated rings. The second-order valence-corrected chi connectivity index (χ2v) is 4.01. The average Bonchev–Trinajstić information content (AvgIpc) is 2.54. The standard InChI is InChI=1S/C11H12FN3O2/c1-7(12)6-14-11-4-3-9(15(16)17)5-10(11)8(2)13-14/h3-5,7H,6H2,1-2H3. The summed E-state index contributed by atoms with van der Waals surface area (Å²) in [5, 5.41) is 15.5. The van der Waals surface area contributed by atoms with E-state index in [1.54, 1.807) is 17.7 Å². The van der Waals surface area contributed by atoms with Crippen molar-refractivity contribution in [2.24, 2.45) is 0 Å². The number of nitrogens with zero attached hydrogens (tertiary/aromatic N) is 3. The highest BCUT2D eigenvalue weighted by molar-refractivity contribution is 5.84. The molecule has 0 saturated heterocycles. The van der Waals surface area contributed by atoms with Gasteiger partial charge in [0, 0.05) is 17.5 Å². The van der Waals surface area contributed by atoms with Crippen LogP contribution in [-0.2, 0) is 6.54 Å². The van der Waals surface area contributed by atoms with Gasteiger partial charge in [-0.05, 0) is 19.9 Å². The largest absolute Gasteiger partial charge is 0.270 e. The summed E-state index contributed by atoms with van der Waals surface area (Å²) in [5.41, 5.74) is 1.41. The molecule has 0 aliphatic rings. The zero-order chi connectivity index (χ0) is 12.6. The van der Waals surface area contributed by atoms with Gasteiger partial charge in [0.2, 0.25) is 0 Å². The number of hydrogen-bond donors (Lipinski definition) is 0. The Morgan fingerprint density at radius 2 is 2.29 bits per heavy atom. The monoisotopic (exact) mass is 237 g/mol. The zero-order valence-electron chi connectivity index (χ0n) is 9.55. The van der Waals surface area contributed by atoms with Crippen LogP contribution in [0, 0.1) is 17.0 Å². The number of benzene rings is 1. The van der Waals surface area contributed by atoms with Crippen LogP contribution in [0.5, 0.6) is 0 Å². The van der Waals surface area contributed by atoms with E-state index in [0.717, 1.165) is 5.52 Å². The van der Waals surface area contributed by atoms with Gasteiger partial charge in [0.05, 0.1) is 22.7 Å². The molecule has 0 radical (unpaired) electrons. The number of nitro benzene ring substituents is 1. The molecule has 5 nitrogen and oxygen atoms in total. The Hall–Kier alpha value is -1.98. The average molecular weight is 237 g/mol. The fourth-order valence-electron chi connectivity index (χ4n) is 1.82. The molecule has 1 atom stereocenters. The smallest absolute Gasteiger partial charge is 0.262 e. The lowest BCUT2D eigenvalue weighted by molar-refractivity contribution is -0.384.